The van der Waals surface area contributed by atoms with Crippen LogP contribution in [0, 0.1) is 6.07 Å². The topological polar surface area (TPSA) is 26.3 Å². The lowest BCUT2D eigenvalue weighted by molar-refractivity contribution is 0.0530. The Morgan fingerprint density at radius 3 is 2.68 bits per heavy atom. The van der Waals surface area contributed by atoms with Gasteiger partial charge in [0.2, 0.25) is 0 Å². The number of rotatable bonds is 5. The van der Waals surface area contributed by atoms with Gasteiger partial charge in [0.15, 0.2) is 0 Å². The number of hydrogen-bond acceptors (Lipinski definition) is 3. The number of carbonyl (C=O) groups excluding carboxylic acids is 1. The van der Waals surface area contributed by atoms with Gasteiger partial charge in [-0.2, -0.15) is 11.8 Å². The Labute approximate surface area is 117 Å². The van der Waals surface area contributed by atoms with E-state index in [4.69, 9.17) is 4.74 Å². The van der Waals surface area contributed by atoms with E-state index in [-0.39, 0.29) is 5.97 Å². The van der Waals surface area contributed by atoms with Gasteiger partial charge in [-0.25, -0.2) is 4.79 Å². The van der Waals surface area contributed by atoms with Crippen molar-refractivity contribution in [3.8, 4) is 11.1 Å². The van der Waals surface area contributed by atoms with Gasteiger partial charge in [0, 0.05) is 11.8 Å². The second kappa shape index (κ2) is 7.00. The highest BCUT2D eigenvalue weighted by molar-refractivity contribution is 7.98. The van der Waals surface area contributed by atoms with E-state index in [1.807, 2.05) is 48.7 Å². The molecule has 19 heavy (non-hydrogen) atoms. The quantitative estimate of drug-likeness (QED) is 0.613. The van der Waals surface area contributed by atoms with Crippen molar-refractivity contribution in [2.75, 3.05) is 18.6 Å². The lowest BCUT2D eigenvalue weighted by Crippen LogP contribution is -2.08. The van der Waals surface area contributed by atoms with Gasteiger partial charge < -0.3 is 4.74 Å². The van der Waals surface area contributed by atoms with Crippen molar-refractivity contribution in [2.24, 2.45) is 0 Å². The minimum Gasteiger partial charge on any atom is -0.461 e. The molecule has 2 aromatic rings. The van der Waals surface area contributed by atoms with E-state index < -0.39 is 0 Å². The molecule has 3 heteroatoms. The van der Waals surface area contributed by atoms with Crippen LogP contribution in [0.15, 0.2) is 48.5 Å². The van der Waals surface area contributed by atoms with Crippen LogP contribution in [0.4, 0.5) is 0 Å². The number of esters is 1. The molecule has 0 aromatic heterocycles. The fourth-order valence-electron chi connectivity index (χ4n) is 1.67. The molecule has 1 radical (unpaired) electrons. The van der Waals surface area contributed by atoms with Crippen LogP contribution in [0.2, 0.25) is 0 Å². The molecule has 0 N–H and O–H groups in total. The predicted octanol–water partition coefficient (Wildman–Crippen LogP) is 3.67. The maximum Gasteiger partial charge on any atom is 0.338 e. The van der Waals surface area contributed by atoms with Crippen molar-refractivity contribution in [1.29, 1.82) is 0 Å². The predicted molar refractivity (Wildman–Crippen MR) is 79.4 cm³/mol. The minimum absolute atomic E-state index is 0.313. The molecule has 2 aromatic carbocycles. The normalized spacial score (nSPS) is 10.2. The van der Waals surface area contributed by atoms with Gasteiger partial charge in [-0.15, -0.1) is 0 Å². The molecule has 0 aliphatic rings. The Hall–Kier alpha value is -1.74. The van der Waals surface area contributed by atoms with E-state index in [1.54, 1.807) is 17.8 Å². The van der Waals surface area contributed by atoms with Crippen LogP contribution in [-0.2, 0) is 4.74 Å². The summed E-state index contributed by atoms with van der Waals surface area (Å²) < 4.78 is 5.17. The van der Waals surface area contributed by atoms with Crippen molar-refractivity contribution in [3.63, 3.8) is 0 Å². The molecule has 0 unspecified atom stereocenters. The molecule has 0 fully saturated rings. The first-order valence-corrected chi connectivity index (χ1v) is 7.44. The summed E-state index contributed by atoms with van der Waals surface area (Å²) in [6.07, 6.45) is 1.98. The molecule has 0 saturated carbocycles. The zero-order valence-electron chi connectivity index (χ0n) is 10.8. The molecule has 0 heterocycles. The van der Waals surface area contributed by atoms with E-state index in [0.29, 0.717) is 12.2 Å². The molecular formula is C16H15O2S. The molecule has 2 rings (SSSR count). The van der Waals surface area contributed by atoms with Crippen molar-refractivity contribution in [1.82, 2.24) is 0 Å². The summed E-state index contributed by atoms with van der Waals surface area (Å²) in [5, 5.41) is 0. The van der Waals surface area contributed by atoms with E-state index >= 15 is 0 Å². The molecule has 0 aliphatic carbocycles. The summed E-state index contributed by atoms with van der Waals surface area (Å²) in [4.78, 5) is 11.8. The third kappa shape index (κ3) is 3.86. The maximum absolute atomic E-state index is 11.8. The number of benzene rings is 2. The monoisotopic (exact) mass is 271 g/mol. The zero-order valence-corrected chi connectivity index (χ0v) is 11.6. The van der Waals surface area contributed by atoms with Gasteiger partial charge in [0.05, 0.1) is 5.56 Å². The third-order valence-corrected chi connectivity index (χ3v) is 3.20. The Bertz CT molecular complexity index is 537. The van der Waals surface area contributed by atoms with Crippen molar-refractivity contribution in [2.45, 2.75) is 0 Å². The van der Waals surface area contributed by atoms with Gasteiger partial charge >= 0.3 is 5.97 Å². The fourth-order valence-corrected chi connectivity index (χ4v) is 1.92. The van der Waals surface area contributed by atoms with Crippen LogP contribution in [0.1, 0.15) is 10.4 Å². The van der Waals surface area contributed by atoms with Gasteiger partial charge in [0.1, 0.15) is 6.61 Å². The summed E-state index contributed by atoms with van der Waals surface area (Å²) in [5.41, 5.74) is 2.42. The van der Waals surface area contributed by atoms with Gasteiger partial charge in [0.25, 0.3) is 0 Å². The first-order chi connectivity index (χ1) is 9.31. The van der Waals surface area contributed by atoms with E-state index in [9.17, 15) is 4.79 Å². The van der Waals surface area contributed by atoms with Crippen LogP contribution in [-0.4, -0.2) is 24.6 Å². The maximum atomic E-state index is 11.8. The lowest BCUT2D eigenvalue weighted by atomic mass is 10.0. The van der Waals surface area contributed by atoms with E-state index in [1.165, 1.54) is 0 Å². The minimum atomic E-state index is -0.313. The molecule has 0 spiro atoms. The molecule has 97 valence electrons. The Morgan fingerprint density at radius 2 is 1.95 bits per heavy atom. The van der Waals surface area contributed by atoms with E-state index in [2.05, 4.69) is 6.07 Å². The average Bonchev–Trinajstić information content (AvgIpc) is 2.48. The molecule has 2 nitrogen and oxygen atoms in total. The Balaban J connectivity index is 2.13. The van der Waals surface area contributed by atoms with Crippen molar-refractivity contribution >= 4 is 17.7 Å². The number of thioether (sulfide) groups is 1. The standard InChI is InChI=1S/C16H15O2S/c1-19-11-10-18-16(17)15-9-5-8-14(12-15)13-6-3-2-4-7-13/h2-9H,10-11H2,1H3. The molecule has 0 atom stereocenters. The summed E-state index contributed by atoms with van der Waals surface area (Å²) in [6.45, 7) is 0.434. The highest BCUT2D eigenvalue weighted by Crippen LogP contribution is 2.19. The molecule has 0 amide bonds. The van der Waals surface area contributed by atoms with Crippen molar-refractivity contribution < 1.29 is 9.53 Å². The third-order valence-electron chi connectivity index (χ3n) is 2.62. The molecule has 0 aliphatic heterocycles. The first-order valence-electron chi connectivity index (χ1n) is 6.05. The molecular weight excluding hydrogens is 256 g/mol. The summed E-state index contributed by atoms with van der Waals surface area (Å²) in [6, 6.07) is 18.5. The highest BCUT2D eigenvalue weighted by Gasteiger charge is 2.08. The Kier molecular flexibility index (Phi) is 5.04. The second-order valence-electron chi connectivity index (χ2n) is 3.97. The van der Waals surface area contributed by atoms with Gasteiger partial charge in [-0.1, -0.05) is 42.5 Å². The summed E-state index contributed by atoms with van der Waals surface area (Å²) >= 11 is 1.65. The van der Waals surface area contributed by atoms with E-state index in [0.717, 1.165) is 16.9 Å². The summed E-state index contributed by atoms with van der Waals surface area (Å²) in [7, 11) is 0. The number of ether oxygens (including phenoxy) is 1. The Morgan fingerprint density at radius 1 is 1.16 bits per heavy atom. The second-order valence-corrected chi connectivity index (χ2v) is 4.96. The first kappa shape index (κ1) is 13.7. The summed E-state index contributed by atoms with van der Waals surface area (Å²) in [5.74, 6) is 0.497. The molecule has 0 bridgehead atoms. The highest BCUT2D eigenvalue weighted by atomic mass is 32.2. The number of hydrogen-bond donors (Lipinski definition) is 0. The average molecular weight is 271 g/mol. The smallest absolute Gasteiger partial charge is 0.338 e. The zero-order chi connectivity index (χ0) is 13.5. The largest absolute Gasteiger partial charge is 0.461 e. The van der Waals surface area contributed by atoms with Gasteiger partial charge in [-0.05, 0) is 23.4 Å². The van der Waals surface area contributed by atoms with Crippen LogP contribution in [0.25, 0.3) is 11.1 Å². The molecule has 0 saturated heterocycles. The fraction of sp³-hybridized carbons (Fsp3) is 0.188. The van der Waals surface area contributed by atoms with Gasteiger partial charge in [-0.3, -0.25) is 0 Å². The SMILES string of the molecule is CSCCOC(=O)c1[c]c(-c2ccccc2)ccc1. The van der Waals surface area contributed by atoms with Crippen LogP contribution < -0.4 is 0 Å². The van der Waals surface area contributed by atoms with Crippen molar-refractivity contribution in [3.05, 3.63) is 60.2 Å². The van der Waals surface area contributed by atoms with Crippen LogP contribution in [0.5, 0.6) is 0 Å². The van der Waals surface area contributed by atoms with Crippen LogP contribution in [0.3, 0.4) is 0 Å². The van der Waals surface area contributed by atoms with Crippen LogP contribution >= 0.6 is 11.8 Å². The number of carbonyl (C=O) groups is 1. The lowest BCUT2D eigenvalue weighted by Gasteiger charge is -2.05.